The summed E-state index contributed by atoms with van der Waals surface area (Å²) >= 11 is 3.01. The van der Waals surface area contributed by atoms with Crippen LogP contribution in [0.5, 0.6) is 34.5 Å². The van der Waals surface area contributed by atoms with Gasteiger partial charge in [-0.05, 0) is 93.8 Å². The van der Waals surface area contributed by atoms with Crippen molar-refractivity contribution < 1.29 is 46.9 Å². The molecule has 52 heavy (non-hydrogen) atoms. The van der Waals surface area contributed by atoms with Crippen molar-refractivity contribution in [1.29, 1.82) is 0 Å². The zero-order valence-corrected chi connectivity index (χ0v) is 30.5. The minimum Gasteiger partial charge on any atom is -0.493 e. The number of hydrogen-bond donors (Lipinski definition) is 0. The number of benzene rings is 2. The van der Waals surface area contributed by atoms with E-state index in [4.69, 9.17) is 28.3 Å². The fraction of sp³-hybridized carbons (Fsp3) is 0.235. The molecule has 1 aliphatic heterocycles. The Morgan fingerprint density at radius 2 is 1.21 bits per heavy atom. The minimum absolute atomic E-state index is 0.0108. The third-order valence-electron chi connectivity index (χ3n) is 7.46. The maximum atomic E-state index is 13.8. The molecule has 1 fully saturated rings. The van der Waals surface area contributed by atoms with E-state index in [1.54, 1.807) is 5.98 Å². The maximum absolute atomic E-state index is 13.8. The summed E-state index contributed by atoms with van der Waals surface area (Å²) in [5.74, 6) is -0.118. The first-order chi connectivity index (χ1) is 24.5. The molecule has 14 nitrogen and oxygen atoms in total. The van der Waals surface area contributed by atoms with Crippen LogP contribution in [0.4, 0.5) is 20.4 Å². The van der Waals surface area contributed by atoms with E-state index >= 15 is 0 Å². The van der Waals surface area contributed by atoms with Gasteiger partial charge in [-0.2, -0.15) is 0 Å². The number of nitrogens with zero attached hydrogens (tertiary/aromatic N) is 4. The van der Waals surface area contributed by atoms with Gasteiger partial charge in [0.25, 0.3) is 0 Å². The van der Waals surface area contributed by atoms with Crippen LogP contribution >= 0.6 is 15.9 Å². The Morgan fingerprint density at radius 1 is 0.769 bits per heavy atom. The molecule has 0 saturated carbocycles. The fourth-order valence-electron chi connectivity index (χ4n) is 4.12. The molecule has 0 atom stereocenters. The van der Waals surface area contributed by atoms with Crippen LogP contribution in [0.25, 0.3) is 6.08 Å². The number of hydrogen-bond acceptors (Lipinski definition) is 12. The summed E-state index contributed by atoms with van der Waals surface area (Å²) in [5, 5.41) is 21.7. The van der Waals surface area contributed by atoms with Gasteiger partial charge >= 0.3 is 18.8 Å². The van der Waals surface area contributed by atoms with Crippen LogP contribution in [0.1, 0.15) is 33.3 Å². The average molecular weight is 787 g/mol. The number of aromatic nitrogens is 2. The molecule has 1 aliphatic rings. The van der Waals surface area contributed by atoms with Crippen LogP contribution in [0.15, 0.2) is 84.5 Å². The zero-order valence-electron chi connectivity index (χ0n) is 28.9. The van der Waals surface area contributed by atoms with Gasteiger partial charge in [0.2, 0.25) is 11.5 Å². The number of ether oxygens (including phenoxy) is 4. The predicted octanol–water partition coefficient (Wildman–Crippen LogP) is 9.07. The lowest BCUT2D eigenvalue weighted by Crippen LogP contribution is -2.41. The average Bonchev–Trinajstić information content (AvgIpc) is 3.32. The van der Waals surface area contributed by atoms with Crippen LogP contribution in [-0.2, 0) is 9.31 Å². The van der Waals surface area contributed by atoms with Crippen molar-refractivity contribution in [2.75, 3.05) is 14.2 Å². The van der Waals surface area contributed by atoms with Crippen molar-refractivity contribution in [2.45, 2.75) is 38.9 Å². The molecule has 0 N–H and O–H groups in total. The highest BCUT2D eigenvalue weighted by Gasteiger charge is 2.49. The Kier molecular flexibility index (Phi) is 13.9. The van der Waals surface area contributed by atoms with Crippen LogP contribution in [-0.4, -0.2) is 52.4 Å². The number of halogens is 3. The second kappa shape index (κ2) is 17.7. The van der Waals surface area contributed by atoms with Crippen molar-refractivity contribution in [1.82, 2.24) is 9.97 Å². The summed E-state index contributed by atoms with van der Waals surface area (Å²) < 4.78 is 59.5. The first kappa shape index (κ1) is 41.0. The monoisotopic (exact) mass is 786 g/mol. The molecule has 18 heteroatoms. The quantitative estimate of drug-likeness (QED) is 0.0851. The summed E-state index contributed by atoms with van der Waals surface area (Å²) in [7, 11) is 2.51. The molecule has 4 aromatic rings. The Labute approximate surface area is 306 Å². The molecular weight excluding hydrogens is 753 g/mol. The Balaban J connectivity index is 0.000000221. The van der Waals surface area contributed by atoms with Crippen LogP contribution in [0.3, 0.4) is 0 Å². The zero-order chi connectivity index (χ0) is 38.8. The number of methoxy groups -OCH3 is 2. The summed E-state index contributed by atoms with van der Waals surface area (Å²) in [6.45, 7) is 15.2. The first-order valence-corrected chi connectivity index (χ1v) is 15.8. The van der Waals surface area contributed by atoms with E-state index in [2.05, 4.69) is 39.1 Å². The number of pyridine rings is 2. The van der Waals surface area contributed by atoms with Crippen molar-refractivity contribution in [3.05, 3.63) is 122 Å². The van der Waals surface area contributed by atoms with E-state index in [0.717, 1.165) is 12.1 Å². The molecule has 0 unspecified atom stereocenters. The highest BCUT2D eigenvalue weighted by atomic mass is 79.9. The molecule has 0 bridgehead atoms. The predicted molar refractivity (Wildman–Crippen MR) is 192 cm³/mol. The minimum atomic E-state index is -0.684. The lowest BCUT2D eigenvalue weighted by Gasteiger charge is -2.32. The third kappa shape index (κ3) is 10.1. The fourth-order valence-corrected chi connectivity index (χ4v) is 4.44. The number of nitro groups is 2. The highest BCUT2D eigenvalue weighted by molar-refractivity contribution is 9.10. The van der Waals surface area contributed by atoms with Crippen LogP contribution in [0, 0.1) is 31.9 Å². The van der Waals surface area contributed by atoms with Gasteiger partial charge in [-0.25, -0.2) is 8.78 Å². The molecule has 3 heterocycles. The molecule has 274 valence electrons. The molecule has 0 amide bonds. The van der Waals surface area contributed by atoms with E-state index in [1.165, 1.54) is 69.1 Å². The third-order valence-corrected chi connectivity index (χ3v) is 8.07. The van der Waals surface area contributed by atoms with Gasteiger partial charge in [0.05, 0.1) is 29.9 Å². The smallest absolute Gasteiger partial charge is 0.486 e. The van der Waals surface area contributed by atoms with Crippen molar-refractivity contribution in [3.63, 3.8) is 0 Å². The largest absolute Gasteiger partial charge is 0.493 e. The molecule has 2 aromatic carbocycles. The molecule has 5 rings (SSSR count). The van der Waals surface area contributed by atoms with E-state index in [-0.39, 0.29) is 62.9 Å². The number of rotatable bonds is 10. The van der Waals surface area contributed by atoms with E-state index in [1.807, 2.05) is 27.7 Å². The van der Waals surface area contributed by atoms with Gasteiger partial charge in [-0.15, -0.1) is 6.58 Å². The Morgan fingerprint density at radius 3 is 1.60 bits per heavy atom. The van der Waals surface area contributed by atoms with Gasteiger partial charge < -0.3 is 48.5 Å². The second-order valence-electron chi connectivity index (χ2n) is 11.4. The summed E-state index contributed by atoms with van der Waals surface area (Å²) in [6.07, 6.45) is 3.86. The lowest BCUT2D eigenvalue weighted by molar-refractivity contribution is -0.390. The van der Waals surface area contributed by atoms with Gasteiger partial charge in [-0.1, -0.05) is 18.6 Å². The van der Waals surface area contributed by atoms with E-state index in [9.17, 15) is 29.0 Å². The molecule has 0 aliphatic carbocycles. The summed E-state index contributed by atoms with van der Waals surface area (Å²) in [5.41, 5.74) is -0.225. The molecule has 2 aromatic heterocycles. The SMILES string of the molecule is C=CB1OC(C)(C)C(C)(C)O1.C=Cc1cc(OC)c(Oc2cccnc2[N+](=O)[O-])cc1F.COc1cc(Br)c(F)cc1Oc1cccnc1[N+](=O)[O-]. The van der Waals surface area contributed by atoms with Gasteiger partial charge in [0, 0.05) is 23.8 Å². The summed E-state index contributed by atoms with van der Waals surface area (Å²) in [6, 6.07) is 10.6. The topological polar surface area (TPSA) is 167 Å². The lowest BCUT2D eigenvalue weighted by atomic mass is 9.90. The summed E-state index contributed by atoms with van der Waals surface area (Å²) in [4.78, 5) is 27.6. The second-order valence-corrected chi connectivity index (χ2v) is 12.2. The maximum Gasteiger partial charge on any atom is 0.486 e. The van der Waals surface area contributed by atoms with Gasteiger partial charge in [-0.3, -0.25) is 0 Å². The molecule has 0 radical (unpaired) electrons. The van der Waals surface area contributed by atoms with Crippen molar-refractivity contribution in [3.8, 4) is 34.5 Å². The van der Waals surface area contributed by atoms with Gasteiger partial charge in [0.15, 0.2) is 23.0 Å². The molecule has 1 saturated heterocycles. The van der Waals surface area contributed by atoms with Crippen LogP contribution in [0.2, 0.25) is 0 Å². The van der Waals surface area contributed by atoms with Crippen molar-refractivity contribution >= 4 is 40.8 Å². The van der Waals surface area contributed by atoms with E-state index in [0.29, 0.717) is 0 Å². The standard InChI is InChI=1S/C14H11FN2O4.C12H8BrFN2O4.C8H15BO2/c1-3-9-7-12(20-2)13(8-10(9)15)21-11-5-4-6-16-14(11)17(18)19;1-19-10-5-7(13)8(14)6-11(10)20-9-3-2-4-15-12(9)16(17)18;1-6-9-10-7(2,3)8(4,5)11-9/h3-8H,1H2,2H3;2-6H,1H3;6H,1H2,2-5H3. The first-order valence-electron chi connectivity index (χ1n) is 15.0. The van der Waals surface area contributed by atoms with E-state index < -0.39 is 33.1 Å². The van der Waals surface area contributed by atoms with Crippen molar-refractivity contribution in [2.24, 2.45) is 0 Å². The Bertz CT molecular complexity index is 1930. The highest BCUT2D eigenvalue weighted by Crippen LogP contribution is 2.39. The van der Waals surface area contributed by atoms with Crippen LogP contribution < -0.4 is 18.9 Å². The Hall–Kier alpha value is -5.46. The van der Waals surface area contributed by atoms with Gasteiger partial charge in [0.1, 0.15) is 24.0 Å². The molecule has 0 spiro atoms. The molecular formula is C34H34BBrF2N4O10. The normalized spacial score (nSPS) is 13.7.